The molecule has 7 nitrogen and oxygen atoms in total. The van der Waals surface area contributed by atoms with Crippen molar-refractivity contribution in [2.24, 2.45) is 0 Å². The van der Waals surface area contributed by atoms with Crippen molar-refractivity contribution in [1.29, 1.82) is 0 Å². The van der Waals surface area contributed by atoms with Crippen molar-refractivity contribution >= 4 is 10.0 Å². The molecular formula is C19H28N4O3S. The molecule has 0 atom stereocenters. The molecule has 0 radical (unpaired) electrons. The summed E-state index contributed by atoms with van der Waals surface area (Å²) in [4.78, 5) is 6.98. The summed E-state index contributed by atoms with van der Waals surface area (Å²) in [6.45, 7) is 8.87. The van der Waals surface area contributed by atoms with E-state index >= 15 is 0 Å². The molecule has 8 heteroatoms. The molecular weight excluding hydrogens is 364 g/mol. The number of hydrogen-bond donors (Lipinski definition) is 0. The van der Waals surface area contributed by atoms with E-state index in [9.17, 15) is 8.42 Å². The molecule has 2 heterocycles. The third-order valence-corrected chi connectivity index (χ3v) is 6.79. The van der Waals surface area contributed by atoms with E-state index in [-0.39, 0.29) is 0 Å². The number of hydrogen-bond acceptors (Lipinski definition) is 5. The van der Waals surface area contributed by atoms with Crippen molar-refractivity contribution in [2.75, 3.05) is 39.3 Å². The molecule has 1 aromatic heterocycles. The summed E-state index contributed by atoms with van der Waals surface area (Å²) in [5.41, 5.74) is 0. The highest BCUT2D eigenvalue weighted by Gasteiger charge is 2.28. The molecule has 1 aliphatic heterocycles. The number of sulfonamides is 1. The first-order valence-corrected chi connectivity index (χ1v) is 10.9. The van der Waals surface area contributed by atoms with Gasteiger partial charge in [-0.2, -0.15) is 4.31 Å². The maximum atomic E-state index is 12.8. The lowest BCUT2D eigenvalue weighted by molar-refractivity contribution is 0.182. The Hall–Kier alpha value is -1.90. The van der Waals surface area contributed by atoms with E-state index in [2.05, 4.69) is 21.4 Å². The van der Waals surface area contributed by atoms with Crippen molar-refractivity contribution in [3.05, 3.63) is 42.5 Å². The monoisotopic (exact) mass is 392 g/mol. The molecule has 0 N–H and O–H groups in total. The molecule has 2 aromatic rings. The highest BCUT2D eigenvalue weighted by Crippen LogP contribution is 2.21. The number of nitrogens with zero attached hydrogens (tertiary/aromatic N) is 4. The molecule has 3 rings (SSSR count). The van der Waals surface area contributed by atoms with Crippen LogP contribution >= 0.6 is 0 Å². The van der Waals surface area contributed by atoms with E-state index < -0.39 is 10.0 Å². The van der Waals surface area contributed by atoms with Gasteiger partial charge in [0.05, 0.1) is 11.5 Å². The molecule has 0 amide bonds. The molecule has 0 bridgehead atoms. The third-order valence-electron chi connectivity index (χ3n) is 4.88. The number of piperazine rings is 1. The summed E-state index contributed by atoms with van der Waals surface area (Å²) >= 11 is 0. The molecule has 0 aliphatic carbocycles. The van der Waals surface area contributed by atoms with Gasteiger partial charge >= 0.3 is 0 Å². The van der Waals surface area contributed by atoms with Crippen LogP contribution in [0.25, 0.3) is 0 Å². The van der Waals surface area contributed by atoms with Gasteiger partial charge in [-0.05, 0) is 31.2 Å². The van der Waals surface area contributed by atoms with Crippen LogP contribution in [0.5, 0.6) is 5.75 Å². The summed E-state index contributed by atoms with van der Waals surface area (Å²) in [6, 6.07) is 6.67. The van der Waals surface area contributed by atoms with Crippen molar-refractivity contribution in [1.82, 2.24) is 18.8 Å². The van der Waals surface area contributed by atoms with Gasteiger partial charge in [-0.3, -0.25) is 4.90 Å². The first-order valence-electron chi connectivity index (χ1n) is 9.50. The Morgan fingerprint density at radius 3 is 2.37 bits per heavy atom. The Bertz CT molecular complexity index is 825. The van der Waals surface area contributed by atoms with Gasteiger partial charge in [-0.1, -0.05) is 6.92 Å². The Labute approximate surface area is 161 Å². The summed E-state index contributed by atoms with van der Waals surface area (Å²) in [6.07, 6.45) is 4.76. The third kappa shape index (κ3) is 4.69. The van der Waals surface area contributed by atoms with Gasteiger partial charge < -0.3 is 9.30 Å². The fourth-order valence-electron chi connectivity index (χ4n) is 3.32. The van der Waals surface area contributed by atoms with Crippen LogP contribution in [0.1, 0.15) is 19.7 Å². The van der Waals surface area contributed by atoms with Crippen molar-refractivity contribution in [2.45, 2.75) is 31.7 Å². The molecule has 1 fully saturated rings. The number of benzene rings is 1. The smallest absolute Gasteiger partial charge is 0.243 e. The number of ether oxygens (including phenoxy) is 1. The molecule has 0 saturated carbocycles. The Morgan fingerprint density at radius 1 is 1.04 bits per heavy atom. The standard InChI is InChI=1S/C19H28N4O3S/c1-3-19-20-9-10-22(19)14-11-21-12-15-23(16-13-21)27(24,25)18-7-5-17(6-8-18)26-4-2/h5-10H,3-4,11-16H2,1-2H3. The zero-order chi connectivity index (χ0) is 19.3. The van der Waals surface area contributed by atoms with E-state index in [1.165, 1.54) is 0 Å². The zero-order valence-corrected chi connectivity index (χ0v) is 16.9. The molecule has 0 spiro atoms. The minimum Gasteiger partial charge on any atom is -0.494 e. The van der Waals surface area contributed by atoms with Crippen LogP contribution in [0.2, 0.25) is 0 Å². The van der Waals surface area contributed by atoms with Crippen LogP contribution in [0.15, 0.2) is 41.6 Å². The van der Waals surface area contributed by atoms with Crippen LogP contribution in [0.4, 0.5) is 0 Å². The molecule has 1 aliphatic rings. The lowest BCUT2D eigenvalue weighted by atomic mass is 10.3. The average Bonchev–Trinajstić information content (AvgIpc) is 3.15. The Morgan fingerprint density at radius 2 is 1.74 bits per heavy atom. The maximum absolute atomic E-state index is 12.8. The fourth-order valence-corrected chi connectivity index (χ4v) is 4.75. The van der Waals surface area contributed by atoms with Crippen LogP contribution in [0.3, 0.4) is 0 Å². The van der Waals surface area contributed by atoms with Gasteiger partial charge in [0.2, 0.25) is 10.0 Å². The van der Waals surface area contributed by atoms with E-state index in [4.69, 9.17) is 4.74 Å². The van der Waals surface area contributed by atoms with Gasteiger partial charge in [0.15, 0.2) is 0 Å². The van der Waals surface area contributed by atoms with Crippen LogP contribution in [0, 0.1) is 0 Å². The van der Waals surface area contributed by atoms with Gasteiger partial charge in [0.1, 0.15) is 11.6 Å². The molecule has 1 aromatic carbocycles. The lowest BCUT2D eigenvalue weighted by Crippen LogP contribution is -2.49. The minimum absolute atomic E-state index is 0.324. The summed E-state index contributed by atoms with van der Waals surface area (Å²) < 4.78 is 34.8. The SMILES string of the molecule is CCOc1ccc(S(=O)(=O)N2CCN(CCn3ccnc3CC)CC2)cc1. The van der Waals surface area contributed by atoms with Gasteiger partial charge in [-0.25, -0.2) is 13.4 Å². The molecule has 0 unspecified atom stereocenters. The van der Waals surface area contributed by atoms with E-state index in [1.54, 1.807) is 28.6 Å². The van der Waals surface area contributed by atoms with Crippen molar-refractivity contribution < 1.29 is 13.2 Å². The second-order valence-electron chi connectivity index (χ2n) is 6.54. The average molecular weight is 393 g/mol. The highest BCUT2D eigenvalue weighted by atomic mass is 32.2. The van der Waals surface area contributed by atoms with Crippen LogP contribution in [-0.4, -0.2) is 66.5 Å². The maximum Gasteiger partial charge on any atom is 0.243 e. The van der Waals surface area contributed by atoms with E-state index in [0.29, 0.717) is 30.3 Å². The fraction of sp³-hybridized carbons (Fsp3) is 0.526. The van der Waals surface area contributed by atoms with Gasteiger partial charge in [0, 0.05) is 58.1 Å². The van der Waals surface area contributed by atoms with Crippen LogP contribution < -0.4 is 4.74 Å². The van der Waals surface area contributed by atoms with Crippen molar-refractivity contribution in [3.63, 3.8) is 0 Å². The number of aryl methyl sites for hydroxylation is 1. The Kier molecular flexibility index (Phi) is 6.51. The zero-order valence-electron chi connectivity index (χ0n) is 16.0. The molecule has 27 heavy (non-hydrogen) atoms. The Balaban J connectivity index is 1.54. The topological polar surface area (TPSA) is 67.7 Å². The minimum atomic E-state index is -3.45. The summed E-state index contributed by atoms with van der Waals surface area (Å²) in [5, 5.41) is 0. The normalized spacial score (nSPS) is 16.5. The van der Waals surface area contributed by atoms with Crippen molar-refractivity contribution in [3.8, 4) is 5.75 Å². The molecule has 148 valence electrons. The lowest BCUT2D eigenvalue weighted by Gasteiger charge is -2.34. The predicted molar refractivity (Wildman–Crippen MR) is 104 cm³/mol. The quantitative estimate of drug-likeness (QED) is 0.686. The van der Waals surface area contributed by atoms with E-state index in [1.807, 2.05) is 19.3 Å². The largest absolute Gasteiger partial charge is 0.494 e. The summed E-state index contributed by atoms with van der Waals surface area (Å²) in [5.74, 6) is 1.78. The molecule has 1 saturated heterocycles. The first-order chi connectivity index (χ1) is 13.0. The van der Waals surface area contributed by atoms with Gasteiger partial charge in [-0.15, -0.1) is 0 Å². The number of aromatic nitrogens is 2. The van der Waals surface area contributed by atoms with E-state index in [0.717, 1.165) is 38.4 Å². The second-order valence-corrected chi connectivity index (χ2v) is 8.48. The predicted octanol–water partition coefficient (Wildman–Crippen LogP) is 1.85. The number of rotatable bonds is 8. The number of imidazole rings is 1. The van der Waals surface area contributed by atoms with Gasteiger partial charge in [0.25, 0.3) is 0 Å². The summed E-state index contributed by atoms with van der Waals surface area (Å²) in [7, 11) is -3.45. The highest BCUT2D eigenvalue weighted by molar-refractivity contribution is 7.89. The second kappa shape index (κ2) is 8.86. The van der Waals surface area contributed by atoms with Crippen LogP contribution in [-0.2, 0) is 23.0 Å². The first kappa shape index (κ1) is 19.9.